The molecular weight excluding hydrogens is 220 g/mol. The molecule has 0 radical (unpaired) electrons. The number of nitrogens with zero attached hydrogens (tertiary/aromatic N) is 3. The standard InChI is InChI=1S/C6H13N.C5H7N3O2/c7-6-4-2-1-3-5-6;1-2-3-4(5(9)10)7-8-6/h6H,1-5,7H2;2,4H,1,3H2,(H,9,10)/t;4-/m.1/s1. The molecular formula is C11H20N4O2. The number of azide groups is 1. The van der Waals surface area contributed by atoms with Crippen LogP contribution in [-0.2, 0) is 4.79 Å². The van der Waals surface area contributed by atoms with Crippen LogP contribution in [0.3, 0.4) is 0 Å². The van der Waals surface area contributed by atoms with Crippen LogP contribution in [0.4, 0.5) is 0 Å². The van der Waals surface area contributed by atoms with Gasteiger partial charge in [0.2, 0.25) is 0 Å². The van der Waals surface area contributed by atoms with Crippen molar-refractivity contribution in [3.05, 3.63) is 23.1 Å². The lowest BCUT2D eigenvalue weighted by atomic mass is 9.97. The highest BCUT2D eigenvalue weighted by molar-refractivity contribution is 5.73. The van der Waals surface area contributed by atoms with Gasteiger partial charge in [0.05, 0.1) is 0 Å². The molecule has 0 heterocycles. The van der Waals surface area contributed by atoms with Gasteiger partial charge in [0.15, 0.2) is 0 Å². The highest BCUT2D eigenvalue weighted by Gasteiger charge is 2.11. The van der Waals surface area contributed by atoms with E-state index in [9.17, 15) is 4.79 Å². The summed E-state index contributed by atoms with van der Waals surface area (Å²) in [5.41, 5.74) is 13.5. The molecule has 0 saturated heterocycles. The Labute approximate surface area is 101 Å². The van der Waals surface area contributed by atoms with Crippen LogP contribution in [0.2, 0.25) is 0 Å². The van der Waals surface area contributed by atoms with Crippen LogP contribution in [0.1, 0.15) is 38.5 Å². The summed E-state index contributed by atoms with van der Waals surface area (Å²) in [4.78, 5) is 12.5. The summed E-state index contributed by atoms with van der Waals surface area (Å²) in [6.45, 7) is 3.32. The van der Waals surface area contributed by atoms with Crippen molar-refractivity contribution in [2.24, 2.45) is 10.8 Å². The van der Waals surface area contributed by atoms with E-state index in [4.69, 9.17) is 16.4 Å². The Balaban J connectivity index is 0.000000318. The Hall–Kier alpha value is -1.52. The maximum atomic E-state index is 10.2. The predicted molar refractivity (Wildman–Crippen MR) is 66.4 cm³/mol. The smallest absolute Gasteiger partial charge is 0.312 e. The van der Waals surface area contributed by atoms with E-state index < -0.39 is 12.0 Å². The van der Waals surface area contributed by atoms with Gasteiger partial charge in [-0.3, -0.25) is 4.79 Å². The zero-order chi connectivity index (χ0) is 13.1. The van der Waals surface area contributed by atoms with Crippen molar-refractivity contribution in [1.29, 1.82) is 0 Å². The molecule has 17 heavy (non-hydrogen) atoms. The third kappa shape index (κ3) is 8.30. The highest BCUT2D eigenvalue weighted by Crippen LogP contribution is 2.14. The average molecular weight is 240 g/mol. The predicted octanol–water partition coefficient (Wildman–Crippen LogP) is 2.60. The lowest BCUT2D eigenvalue weighted by molar-refractivity contribution is -0.138. The maximum absolute atomic E-state index is 10.2. The fraction of sp³-hybridized carbons (Fsp3) is 0.727. The first-order chi connectivity index (χ1) is 8.11. The van der Waals surface area contributed by atoms with Crippen LogP contribution < -0.4 is 5.73 Å². The first-order valence-corrected chi connectivity index (χ1v) is 5.75. The Kier molecular flexibility index (Phi) is 8.82. The van der Waals surface area contributed by atoms with Crippen LogP contribution >= 0.6 is 0 Å². The van der Waals surface area contributed by atoms with E-state index in [1.807, 2.05) is 0 Å². The van der Waals surface area contributed by atoms with Gasteiger partial charge >= 0.3 is 5.97 Å². The molecule has 0 aromatic rings. The fourth-order valence-corrected chi connectivity index (χ4v) is 1.55. The van der Waals surface area contributed by atoms with Gasteiger partial charge in [-0.1, -0.05) is 30.5 Å². The summed E-state index contributed by atoms with van der Waals surface area (Å²) in [6.07, 6.45) is 8.23. The topological polar surface area (TPSA) is 112 Å². The van der Waals surface area contributed by atoms with Gasteiger partial charge < -0.3 is 10.8 Å². The number of hydrogen-bond acceptors (Lipinski definition) is 3. The molecule has 0 amide bonds. The number of carbonyl (C=O) groups is 1. The zero-order valence-electron chi connectivity index (χ0n) is 9.96. The lowest BCUT2D eigenvalue weighted by Gasteiger charge is -2.15. The molecule has 0 aromatic heterocycles. The summed E-state index contributed by atoms with van der Waals surface area (Å²) in [5, 5.41) is 11.3. The van der Waals surface area contributed by atoms with Crippen molar-refractivity contribution in [2.75, 3.05) is 0 Å². The van der Waals surface area contributed by atoms with E-state index in [1.54, 1.807) is 0 Å². The first kappa shape index (κ1) is 15.5. The average Bonchev–Trinajstić information content (AvgIpc) is 2.30. The molecule has 1 saturated carbocycles. The summed E-state index contributed by atoms with van der Waals surface area (Å²) in [7, 11) is 0. The molecule has 1 aliphatic rings. The van der Waals surface area contributed by atoms with Crippen molar-refractivity contribution < 1.29 is 9.90 Å². The highest BCUT2D eigenvalue weighted by atomic mass is 16.4. The quantitative estimate of drug-likeness (QED) is 0.341. The van der Waals surface area contributed by atoms with Crippen molar-refractivity contribution in [3.8, 4) is 0 Å². The van der Waals surface area contributed by atoms with Crippen LogP contribution in [0.5, 0.6) is 0 Å². The van der Waals surface area contributed by atoms with E-state index in [0.29, 0.717) is 6.04 Å². The SMILES string of the molecule is C=CC[C@@H](N=[N+]=[N-])C(=O)O.NC1CCCCC1. The summed E-state index contributed by atoms with van der Waals surface area (Å²) >= 11 is 0. The molecule has 1 fully saturated rings. The van der Waals surface area contributed by atoms with Gasteiger partial charge in [-0.05, 0) is 24.8 Å². The Bertz CT molecular complexity index is 279. The second kappa shape index (κ2) is 9.69. The van der Waals surface area contributed by atoms with E-state index in [-0.39, 0.29) is 6.42 Å². The van der Waals surface area contributed by atoms with E-state index in [2.05, 4.69) is 16.6 Å². The number of carboxylic acid groups (broad SMARTS) is 1. The molecule has 6 heteroatoms. The zero-order valence-corrected chi connectivity index (χ0v) is 9.96. The van der Waals surface area contributed by atoms with E-state index >= 15 is 0 Å². The molecule has 0 unspecified atom stereocenters. The largest absolute Gasteiger partial charge is 0.481 e. The van der Waals surface area contributed by atoms with Crippen molar-refractivity contribution in [1.82, 2.24) is 0 Å². The Morgan fingerprint density at radius 3 is 2.47 bits per heavy atom. The third-order valence-corrected chi connectivity index (χ3v) is 2.52. The maximum Gasteiger partial charge on any atom is 0.312 e. The fourth-order valence-electron chi connectivity index (χ4n) is 1.55. The second-order valence-corrected chi connectivity index (χ2v) is 3.98. The molecule has 1 aliphatic carbocycles. The molecule has 6 nitrogen and oxygen atoms in total. The van der Waals surface area contributed by atoms with Gasteiger partial charge in [0.25, 0.3) is 0 Å². The number of rotatable bonds is 4. The van der Waals surface area contributed by atoms with Crippen LogP contribution in [0.25, 0.3) is 10.4 Å². The molecule has 3 N–H and O–H groups in total. The second-order valence-electron chi connectivity index (χ2n) is 3.98. The van der Waals surface area contributed by atoms with E-state index in [1.165, 1.54) is 38.2 Å². The molecule has 0 spiro atoms. The van der Waals surface area contributed by atoms with E-state index in [0.717, 1.165) is 0 Å². The minimum atomic E-state index is -1.13. The molecule has 1 atom stereocenters. The van der Waals surface area contributed by atoms with Crippen molar-refractivity contribution >= 4 is 5.97 Å². The monoisotopic (exact) mass is 240 g/mol. The molecule has 0 aromatic carbocycles. The summed E-state index contributed by atoms with van der Waals surface area (Å²) in [6, 6.07) is -0.476. The van der Waals surface area contributed by atoms with Crippen molar-refractivity contribution in [2.45, 2.75) is 50.6 Å². The molecule has 0 aliphatic heterocycles. The van der Waals surface area contributed by atoms with Gasteiger partial charge in [0.1, 0.15) is 6.04 Å². The van der Waals surface area contributed by atoms with Gasteiger partial charge in [-0.15, -0.1) is 6.58 Å². The number of aliphatic carboxylic acids is 1. The summed E-state index contributed by atoms with van der Waals surface area (Å²) < 4.78 is 0. The minimum absolute atomic E-state index is 0.166. The first-order valence-electron chi connectivity index (χ1n) is 5.75. The van der Waals surface area contributed by atoms with Gasteiger partial charge in [0, 0.05) is 11.0 Å². The van der Waals surface area contributed by atoms with Crippen LogP contribution in [0.15, 0.2) is 17.8 Å². The molecule has 1 rings (SSSR count). The van der Waals surface area contributed by atoms with Crippen molar-refractivity contribution in [3.63, 3.8) is 0 Å². The number of carboxylic acids is 1. The number of hydrogen-bond donors (Lipinski definition) is 2. The Morgan fingerprint density at radius 1 is 1.59 bits per heavy atom. The van der Waals surface area contributed by atoms with Crippen LogP contribution in [0, 0.1) is 0 Å². The lowest BCUT2D eigenvalue weighted by Crippen LogP contribution is -2.22. The number of nitrogens with two attached hydrogens (primary N) is 1. The normalized spacial score (nSPS) is 17.0. The van der Waals surface area contributed by atoms with Gasteiger partial charge in [-0.2, -0.15) is 0 Å². The van der Waals surface area contributed by atoms with Crippen LogP contribution in [-0.4, -0.2) is 23.2 Å². The third-order valence-electron chi connectivity index (χ3n) is 2.52. The molecule has 0 bridgehead atoms. The Morgan fingerprint density at radius 2 is 2.18 bits per heavy atom. The summed E-state index contributed by atoms with van der Waals surface area (Å²) in [5.74, 6) is -1.13. The van der Waals surface area contributed by atoms with Gasteiger partial charge in [-0.25, -0.2) is 0 Å². The minimum Gasteiger partial charge on any atom is -0.481 e. The molecule has 96 valence electrons.